The van der Waals surface area contributed by atoms with Crippen LogP contribution in [0.1, 0.15) is 6.42 Å². The van der Waals surface area contributed by atoms with Crippen molar-refractivity contribution in [3.05, 3.63) is 28.7 Å². The number of oxazole rings is 1. The monoisotopic (exact) mass is 220 g/mol. The van der Waals surface area contributed by atoms with Crippen LogP contribution in [0.25, 0.3) is 11.1 Å². The third-order valence-electron chi connectivity index (χ3n) is 2.72. The molecule has 5 nitrogen and oxygen atoms in total. The quantitative estimate of drug-likeness (QED) is 0.801. The van der Waals surface area contributed by atoms with Crippen LogP contribution in [0.4, 0.5) is 5.69 Å². The summed E-state index contributed by atoms with van der Waals surface area (Å²) in [5, 5.41) is 3.35. The molecule has 1 aromatic heterocycles. The third kappa shape index (κ3) is 1.69. The fourth-order valence-electron chi connectivity index (χ4n) is 1.93. The predicted octanol–water partition coefficient (Wildman–Crippen LogP) is 1.32. The maximum Gasteiger partial charge on any atom is 0.417 e. The lowest BCUT2D eigenvalue weighted by Crippen LogP contribution is -2.18. The molecule has 0 amide bonds. The molecule has 1 unspecified atom stereocenters. The molecular weight excluding hydrogens is 208 g/mol. The Morgan fingerprint density at radius 3 is 3.19 bits per heavy atom. The molecular formula is C11H12N2O3. The molecule has 1 aliphatic heterocycles. The van der Waals surface area contributed by atoms with Gasteiger partial charge in [0.05, 0.1) is 18.2 Å². The number of aromatic nitrogens is 1. The molecule has 0 spiro atoms. The highest BCUT2D eigenvalue weighted by Gasteiger charge is 2.15. The van der Waals surface area contributed by atoms with Gasteiger partial charge < -0.3 is 14.5 Å². The van der Waals surface area contributed by atoms with Crippen molar-refractivity contribution in [2.75, 3.05) is 18.5 Å². The molecule has 2 aromatic rings. The van der Waals surface area contributed by atoms with E-state index in [1.54, 1.807) is 6.07 Å². The molecule has 1 aliphatic rings. The molecule has 0 bridgehead atoms. The Morgan fingerprint density at radius 1 is 1.44 bits per heavy atom. The first-order valence-electron chi connectivity index (χ1n) is 5.28. The standard InChI is InChI=1S/C11H12N2O3/c14-11-13-9-5-7(1-2-10(9)16-11)12-8-3-4-15-6-8/h1-2,5,8,12H,3-4,6H2,(H,13,14). The number of rotatable bonds is 2. The number of anilines is 1. The van der Waals surface area contributed by atoms with E-state index < -0.39 is 5.76 Å². The van der Waals surface area contributed by atoms with Gasteiger partial charge in [0.15, 0.2) is 5.58 Å². The summed E-state index contributed by atoms with van der Waals surface area (Å²) in [5.74, 6) is -0.420. The fraction of sp³-hybridized carbons (Fsp3) is 0.364. The Kier molecular flexibility index (Phi) is 2.18. The van der Waals surface area contributed by atoms with Crippen molar-refractivity contribution in [3.8, 4) is 0 Å². The van der Waals surface area contributed by atoms with Crippen LogP contribution in [0.15, 0.2) is 27.4 Å². The van der Waals surface area contributed by atoms with E-state index in [9.17, 15) is 4.79 Å². The minimum Gasteiger partial charge on any atom is -0.408 e. The Morgan fingerprint density at radius 2 is 2.38 bits per heavy atom. The van der Waals surface area contributed by atoms with Gasteiger partial charge in [0.2, 0.25) is 0 Å². The van der Waals surface area contributed by atoms with Crippen molar-refractivity contribution < 1.29 is 9.15 Å². The first-order chi connectivity index (χ1) is 7.81. The molecule has 1 fully saturated rings. The van der Waals surface area contributed by atoms with Crippen LogP contribution in [-0.4, -0.2) is 24.2 Å². The first kappa shape index (κ1) is 9.47. The Hall–Kier alpha value is -1.75. The van der Waals surface area contributed by atoms with Crippen molar-refractivity contribution in [3.63, 3.8) is 0 Å². The van der Waals surface area contributed by atoms with E-state index in [0.29, 0.717) is 17.1 Å². The van der Waals surface area contributed by atoms with Gasteiger partial charge >= 0.3 is 5.76 Å². The van der Waals surface area contributed by atoms with Crippen LogP contribution in [-0.2, 0) is 4.74 Å². The third-order valence-corrected chi connectivity index (χ3v) is 2.72. The molecule has 1 saturated heterocycles. The van der Waals surface area contributed by atoms with Crippen molar-refractivity contribution in [1.29, 1.82) is 0 Å². The first-order valence-corrected chi connectivity index (χ1v) is 5.28. The van der Waals surface area contributed by atoms with Gasteiger partial charge in [0.1, 0.15) is 0 Å². The van der Waals surface area contributed by atoms with E-state index >= 15 is 0 Å². The molecule has 0 radical (unpaired) electrons. The van der Waals surface area contributed by atoms with Gasteiger partial charge in [0.25, 0.3) is 0 Å². The average Bonchev–Trinajstić information content (AvgIpc) is 2.85. The van der Waals surface area contributed by atoms with Crippen LogP contribution in [0.5, 0.6) is 0 Å². The zero-order valence-corrected chi connectivity index (χ0v) is 8.66. The Balaban J connectivity index is 1.89. The Bertz CT molecular complexity index is 552. The van der Waals surface area contributed by atoms with Gasteiger partial charge in [-0.3, -0.25) is 4.98 Å². The predicted molar refractivity (Wildman–Crippen MR) is 59.7 cm³/mol. The van der Waals surface area contributed by atoms with E-state index in [2.05, 4.69) is 10.3 Å². The molecule has 0 saturated carbocycles. The highest BCUT2D eigenvalue weighted by molar-refractivity contribution is 5.76. The van der Waals surface area contributed by atoms with Gasteiger partial charge in [-0.15, -0.1) is 0 Å². The van der Waals surface area contributed by atoms with Crippen molar-refractivity contribution >= 4 is 16.8 Å². The molecule has 2 heterocycles. The summed E-state index contributed by atoms with van der Waals surface area (Å²) in [7, 11) is 0. The van der Waals surface area contributed by atoms with E-state index in [1.807, 2.05) is 12.1 Å². The minimum atomic E-state index is -0.420. The van der Waals surface area contributed by atoms with Crippen molar-refractivity contribution in [1.82, 2.24) is 4.98 Å². The van der Waals surface area contributed by atoms with Gasteiger partial charge in [-0.05, 0) is 24.6 Å². The number of hydrogen-bond donors (Lipinski definition) is 2. The summed E-state index contributed by atoms with van der Waals surface area (Å²) >= 11 is 0. The number of benzene rings is 1. The van der Waals surface area contributed by atoms with Crippen LogP contribution < -0.4 is 11.1 Å². The van der Waals surface area contributed by atoms with Gasteiger partial charge in [-0.25, -0.2) is 4.79 Å². The maximum atomic E-state index is 11.0. The molecule has 5 heteroatoms. The number of hydrogen-bond acceptors (Lipinski definition) is 4. The lowest BCUT2D eigenvalue weighted by molar-refractivity contribution is 0.195. The SMILES string of the molecule is O=c1[nH]c2cc(NC3CCOC3)ccc2o1. The van der Waals surface area contributed by atoms with Gasteiger partial charge in [-0.1, -0.05) is 0 Å². The van der Waals surface area contributed by atoms with Crippen LogP contribution in [0, 0.1) is 0 Å². The lowest BCUT2D eigenvalue weighted by Gasteiger charge is -2.11. The summed E-state index contributed by atoms with van der Waals surface area (Å²) in [6, 6.07) is 5.91. The van der Waals surface area contributed by atoms with Crippen LogP contribution >= 0.6 is 0 Å². The Labute approximate surface area is 91.4 Å². The van der Waals surface area contributed by atoms with E-state index in [0.717, 1.165) is 25.3 Å². The number of aromatic amines is 1. The largest absolute Gasteiger partial charge is 0.417 e. The number of fused-ring (bicyclic) bond motifs is 1. The van der Waals surface area contributed by atoms with Crippen molar-refractivity contribution in [2.24, 2.45) is 0 Å². The van der Waals surface area contributed by atoms with E-state index in [4.69, 9.17) is 9.15 Å². The smallest absolute Gasteiger partial charge is 0.408 e. The average molecular weight is 220 g/mol. The molecule has 0 aliphatic carbocycles. The van der Waals surface area contributed by atoms with Crippen molar-refractivity contribution in [2.45, 2.75) is 12.5 Å². The van der Waals surface area contributed by atoms with Crippen LogP contribution in [0.3, 0.4) is 0 Å². The second-order valence-corrected chi connectivity index (χ2v) is 3.93. The molecule has 1 aromatic carbocycles. The van der Waals surface area contributed by atoms with E-state index in [-0.39, 0.29) is 0 Å². The minimum absolute atomic E-state index is 0.357. The summed E-state index contributed by atoms with van der Waals surface area (Å²) in [5.41, 5.74) is 2.27. The van der Waals surface area contributed by atoms with Gasteiger partial charge in [-0.2, -0.15) is 0 Å². The molecule has 84 valence electrons. The lowest BCUT2D eigenvalue weighted by atomic mass is 10.2. The zero-order valence-electron chi connectivity index (χ0n) is 8.66. The molecule has 16 heavy (non-hydrogen) atoms. The topological polar surface area (TPSA) is 67.3 Å². The maximum absolute atomic E-state index is 11.0. The number of nitrogens with one attached hydrogen (secondary N) is 2. The molecule has 2 N–H and O–H groups in total. The second-order valence-electron chi connectivity index (χ2n) is 3.93. The zero-order chi connectivity index (χ0) is 11.0. The fourth-order valence-corrected chi connectivity index (χ4v) is 1.93. The molecule has 3 rings (SSSR count). The van der Waals surface area contributed by atoms with E-state index in [1.165, 1.54) is 0 Å². The summed E-state index contributed by atoms with van der Waals surface area (Å²) < 4.78 is 10.2. The highest BCUT2D eigenvalue weighted by atomic mass is 16.5. The van der Waals surface area contributed by atoms with Gasteiger partial charge in [0, 0.05) is 12.3 Å². The highest BCUT2D eigenvalue weighted by Crippen LogP contribution is 2.18. The summed E-state index contributed by atoms with van der Waals surface area (Å²) in [6.45, 7) is 1.54. The number of ether oxygens (including phenoxy) is 1. The summed E-state index contributed by atoms with van der Waals surface area (Å²) in [6.07, 6.45) is 1.01. The summed E-state index contributed by atoms with van der Waals surface area (Å²) in [4.78, 5) is 13.6. The second kappa shape index (κ2) is 3.68. The molecule has 1 atom stereocenters. The number of H-pyrrole nitrogens is 1. The van der Waals surface area contributed by atoms with Crippen LogP contribution in [0.2, 0.25) is 0 Å². The normalized spacial score (nSPS) is 20.4.